The van der Waals surface area contributed by atoms with Gasteiger partial charge >= 0.3 is 0 Å². The van der Waals surface area contributed by atoms with E-state index in [1.54, 1.807) is 14.2 Å². The number of ether oxygens (including phenoxy) is 2. The average Bonchev–Trinajstić information content (AvgIpc) is 2.48. The molecule has 0 heterocycles. The van der Waals surface area contributed by atoms with Crippen LogP contribution in [0.1, 0.15) is 11.1 Å². The monoisotopic (exact) mass is 271 g/mol. The lowest BCUT2D eigenvalue weighted by Crippen LogP contribution is -2.07. The maximum absolute atomic E-state index is 5.41. The van der Waals surface area contributed by atoms with E-state index in [0.29, 0.717) is 0 Å². The first-order chi connectivity index (χ1) is 9.69. The lowest BCUT2D eigenvalue weighted by atomic mass is 9.98. The second-order valence-electron chi connectivity index (χ2n) is 4.76. The summed E-state index contributed by atoms with van der Waals surface area (Å²) in [6, 6.07) is 12.6. The second-order valence-corrected chi connectivity index (χ2v) is 4.76. The molecule has 0 aliphatic heterocycles. The Morgan fingerprint density at radius 1 is 0.950 bits per heavy atom. The minimum atomic E-state index is 0.753. The number of hydrogen-bond donors (Lipinski definition) is 1. The molecule has 3 heteroatoms. The number of aryl methyl sites for hydroxylation is 1. The van der Waals surface area contributed by atoms with Gasteiger partial charge in [-0.1, -0.05) is 29.8 Å². The van der Waals surface area contributed by atoms with E-state index in [2.05, 4.69) is 36.5 Å². The average molecular weight is 271 g/mol. The summed E-state index contributed by atoms with van der Waals surface area (Å²) in [5.41, 5.74) is 4.79. The van der Waals surface area contributed by atoms with Crippen LogP contribution in [0.25, 0.3) is 11.1 Å². The summed E-state index contributed by atoms with van der Waals surface area (Å²) in [5, 5.41) is 3.20. The van der Waals surface area contributed by atoms with Gasteiger partial charge in [-0.25, -0.2) is 0 Å². The van der Waals surface area contributed by atoms with Gasteiger partial charge in [-0.05, 0) is 42.8 Å². The van der Waals surface area contributed by atoms with E-state index in [9.17, 15) is 0 Å². The number of benzene rings is 2. The molecule has 0 aliphatic carbocycles. The highest BCUT2D eigenvalue weighted by Crippen LogP contribution is 2.35. The third-order valence-corrected chi connectivity index (χ3v) is 3.34. The van der Waals surface area contributed by atoms with E-state index < -0.39 is 0 Å². The van der Waals surface area contributed by atoms with Gasteiger partial charge < -0.3 is 14.8 Å². The van der Waals surface area contributed by atoms with Crippen LogP contribution in [0.5, 0.6) is 11.5 Å². The first-order valence-corrected chi connectivity index (χ1v) is 6.66. The number of nitrogens with one attached hydrogen (secondary N) is 1. The molecule has 2 aromatic carbocycles. The van der Waals surface area contributed by atoms with Crippen LogP contribution in [-0.4, -0.2) is 21.3 Å². The molecule has 106 valence electrons. The Bertz CT molecular complexity index is 576. The molecule has 0 unspecified atom stereocenters. The summed E-state index contributed by atoms with van der Waals surface area (Å²) in [5.74, 6) is 1.51. The molecule has 0 saturated heterocycles. The van der Waals surface area contributed by atoms with Crippen molar-refractivity contribution in [3.63, 3.8) is 0 Å². The number of rotatable bonds is 5. The van der Waals surface area contributed by atoms with Crippen molar-refractivity contribution in [3.8, 4) is 22.6 Å². The molecule has 3 nitrogen and oxygen atoms in total. The largest absolute Gasteiger partial charge is 0.493 e. The van der Waals surface area contributed by atoms with Gasteiger partial charge in [0.05, 0.1) is 14.2 Å². The zero-order valence-corrected chi connectivity index (χ0v) is 12.5. The maximum atomic E-state index is 5.41. The highest BCUT2D eigenvalue weighted by atomic mass is 16.5. The fraction of sp³-hybridized carbons (Fsp3) is 0.294. The van der Waals surface area contributed by atoms with E-state index in [1.807, 2.05) is 19.2 Å². The molecule has 0 atom stereocenters. The van der Waals surface area contributed by atoms with Gasteiger partial charge in [0.15, 0.2) is 11.5 Å². The SMILES string of the molecule is CNCc1cc(OC)c(OC)cc1-c1ccc(C)cc1. The van der Waals surface area contributed by atoms with Gasteiger partial charge in [0, 0.05) is 6.54 Å². The van der Waals surface area contributed by atoms with Crippen molar-refractivity contribution in [1.29, 1.82) is 0 Å². The standard InChI is InChI=1S/C17H21NO2/c1-12-5-7-13(8-6-12)15-10-17(20-4)16(19-3)9-14(15)11-18-2/h5-10,18H,11H2,1-4H3. The molecular weight excluding hydrogens is 250 g/mol. The van der Waals surface area contributed by atoms with Crippen LogP contribution in [0, 0.1) is 6.92 Å². The predicted molar refractivity (Wildman–Crippen MR) is 82.5 cm³/mol. The zero-order chi connectivity index (χ0) is 14.5. The minimum Gasteiger partial charge on any atom is -0.493 e. The Kier molecular flexibility index (Phi) is 4.64. The molecule has 0 aliphatic rings. The van der Waals surface area contributed by atoms with Crippen molar-refractivity contribution in [2.24, 2.45) is 0 Å². The van der Waals surface area contributed by atoms with Crippen LogP contribution in [0.4, 0.5) is 0 Å². The Balaban J connectivity index is 2.56. The molecule has 0 aromatic heterocycles. The third kappa shape index (κ3) is 2.94. The normalized spacial score (nSPS) is 10.4. The van der Waals surface area contributed by atoms with Crippen LogP contribution in [-0.2, 0) is 6.54 Å². The van der Waals surface area contributed by atoms with E-state index in [1.165, 1.54) is 16.7 Å². The lowest BCUT2D eigenvalue weighted by Gasteiger charge is -2.15. The van der Waals surface area contributed by atoms with E-state index in [0.717, 1.165) is 23.6 Å². The quantitative estimate of drug-likeness (QED) is 0.904. The molecule has 0 radical (unpaired) electrons. The van der Waals surface area contributed by atoms with Gasteiger partial charge in [0.25, 0.3) is 0 Å². The molecular formula is C17H21NO2. The fourth-order valence-electron chi connectivity index (χ4n) is 2.26. The first-order valence-electron chi connectivity index (χ1n) is 6.66. The third-order valence-electron chi connectivity index (χ3n) is 3.34. The first kappa shape index (κ1) is 14.4. The summed E-state index contributed by atoms with van der Waals surface area (Å²) >= 11 is 0. The highest BCUT2D eigenvalue weighted by molar-refractivity contribution is 5.71. The number of methoxy groups -OCH3 is 2. The predicted octanol–water partition coefficient (Wildman–Crippen LogP) is 3.40. The van der Waals surface area contributed by atoms with Crippen LogP contribution in [0.3, 0.4) is 0 Å². The molecule has 0 saturated carbocycles. The van der Waals surface area contributed by atoms with Gasteiger partial charge in [-0.2, -0.15) is 0 Å². The summed E-state index contributed by atoms with van der Waals surface area (Å²) < 4.78 is 10.8. The number of hydrogen-bond acceptors (Lipinski definition) is 3. The molecule has 0 fully saturated rings. The topological polar surface area (TPSA) is 30.5 Å². The van der Waals surface area contributed by atoms with Crippen LogP contribution in [0.15, 0.2) is 36.4 Å². The van der Waals surface area contributed by atoms with Gasteiger partial charge in [0.2, 0.25) is 0 Å². The van der Waals surface area contributed by atoms with Crippen molar-refractivity contribution >= 4 is 0 Å². The molecule has 0 amide bonds. The van der Waals surface area contributed by atoms with Gasteiger partial charge in [-0.3, -0.25) is 0 Å². The van der Waals surface area contributed by atoms with Crippen molar-refractivity contribution in [2.75, 3.05) is 21.3 Å². The highest BCUT2D eigenvalue weighted by Gasteiger charge is 2.12. The Hall–Kier alpha value is -2.00. The van der Waals surface area contributed by atoms with Crippen molar-refractivity contribution in [2.45, 2.75) is 13.5 Å². The lowest BCUT2D eigenvalue weighted by molar-refractivity contribution is 0.354. The van der Waals surface area contributed by atoms with Crippen molar-refractivity contribution in [3.05, 3.63) is 47.5 Å². The minimum absolute atomic E-state index is 0.753. The van der Waals surface area contributed by atoms with Crippen molar-refractivity contribution < 1.29 is 9.47 Å². The fourth-order valence-corrected chi connectivity index (χ4v) is 2.26. The van der Waals surface area contributed by atoms with E-state index in [-0.39, 0.29) is 0 Å². The van der Waals surface area contributed by atoms with E-state index in [4.69, 9.17) is 9.47 Å². The van der Waals surface area contributed by atoms with E-state index >= 15 is 0 Å². The van der Waals surface area contributed by atoms with Gasteiger partial charge in [-0.15, -0.1) is 0 Å². The Morgan fingerprint density at radius 2 is 1.55 bits per heavy atom. The Morgan fingerprint density at radius 3 is 2.10 bits per heavy atom. The maximum Gasteiger partial charge on any atom is 0.161 e. The summed E-state index contributed by atoms with van der Waals surface area (Å²) in [4.78, 5) is 0. The van der Waals surface area contributed by atoms with Crippen LogP contribution >= 0.6 is 0 Å². The molecule has 2 rings (SSSR count). The molecule has 2 aromatic rings. The molecule has 0 spiro atoms. The zero-order valence-electron chi connectivity index (χ0n) is 12.5. The summed E-state index contributed by atoms with van der Waals surface area (Å²) in [6.07, 6.45) is 0. The molecule has 1 N–H and O–H groups in total. The van der Waals surface area contributed by atoms with Crippen molar-refractivity contribution in [1.82, 2.24) is 5.32 Å². The smallest absolute Gasteiger partial charge is 0.161 e. The summed E-state index contributed by atoms with van der Waals surface area (Å²) in [6.45, 7) is 2.87. The van der Waals surface area contributed by atoms with Crippen LogP contribution in [0.2, 0.25) is 0 Å². The van der Waals surface area contributed by atoms with Crippen LogP contribution < -0.4 is 14.8 Å². The van der Waals surface area contributed by atoms with Gasteiger partial charge in [0.1, 0.15) is 0 Å². The molecule has 0 bridgehead atoms. The summed E-state index contributed by atoms with van der Waals surface area (Å²) in [7, 11) is 5.26. The molecule has 20 heavy (non-hydrogen) atoms. The Labute approximate surface area is 120 Å². The second kappa shape index (κ2) is 6.44.